The Kier molecular flexibility index (Phi) is 38.3. The Balaban J connectivity index is 4.21. The van der Waals surface area contributed by atoms with Gasteiger partial charge in [0.05, 0.1) is 34.4 Å². The van der Waals surface area contributed by atoms with Crippen LogP contribution in [0.2, 0.25) is 0 Å². The number of unbranched alkanes of at least 4 members (excludes halogenated alkanes) is 14. The summed E-state index contributed by atoms with van der Waals surface area (Å²) in [7, 11) is 1.64. The fourth-order valence-corrected chi connectivity index (χ4v) is 6.35. The summed E-state index contributed by atoms with van der Waals surface area (Å²) in [6, 6.07) is 0. The molecule has 0 aromatic heterocycles. The molecule has 0 bridgehead atoms. The summed E-state index contributed by atoms with van der Waals surface area (Å²) in [5.74, 6) is -0.326. The number of rotatable bonds is 40. The third-order valence-corrected chi connectivity index (χ3v) is 10.0. The standard InChI is InChI=1S/C47H84NO7P/c1-6-8-10-12-14-16-18-19-20-21-22-23-24-25-26-27-28-29-30-31-33-35-37-39-42-52-44-46(45-54-56(50,51)53-43-41-48(3,4)5)55-47(49)40-38-36-34-32-17-15-13-11-9-7-2/h8,10,14,16,19-20,22-23,25-26,28-29,46H,6-7,9,11-13,15,17-18,21,24,27,30-45H2,1-5H3/p+1/b10-8-,16-14-,20-19-,23-22-,26-25-,29-28-. The lowest BCUT2D eigenvalue weighted by Crippen LogP contribution is -2.37. The van der Waals surface area contributed by atoms with Crippen molar-refractivity contribution >= 4 is 13.8 Å². The lowest BCUT2D eigenvalue weighted by Gasteiger charge is -2.24. The first-order chi connectivity index (χ1) is 27.1. The first-order valence-corrected chi connectivity index (χ1v) is 23.7. The van der Waals surface area contributed by atoms with Crippen LogP contribution in [-0.4, -0.2) is 75.6 Å². The molecular weight excluding hydrogens is 721 g/mol. The van der Waals surface area contributed by atoms with Crippen LogP contribution in [0.3, 0.4) is 0 Å². The molecule has 0 spiro atoms. The molecule has 0 saturated heterocycles. The van der Waals surface area contributed by atoms with Gasteiger partial charge in [0.1, 0.15) is 19.3 Å². The smallest absolute Gasteiger partial charge is 0.457 e. The minimum absolute atomic E-state index is 0.0817. The zero-order chi connectivity index (χ0) is 41.3. The third-order valence-electron chi connectivity index (χ3n) is 9.03. The van der Waals surface area contributed by atoms with Gasteiger partial charge in [-0.25, -0.2) is 4.57 Å². The van der Waals surface area contributed by atoms with Gasteiger partial charge in [-0.15, -0.1) is 0 Å². The van der Waals surface area contributed by atoms with Crippen molar-refractivity contribution in [3.63, 3.8) is 0 Å². The molecule has 8 nitrogen and oxygen atoms in total. The average Bonchev–Trinajstić information content (AvgIpc) is 3.15. The van der Waals surface area contributed by atoms with Crippen LogP contribution in [0.5, 0.6) is 0 Å². The lowest BCUT2D eigenvalue weighted by atomic mass is 10.1. The monoisotopic (exact) mass is 807 g/mol. The molecule has 2 atom stereocenters. The molecule has 0 aliphatic rings. The molecule has 56 heavy (non-hydrogen) atoms. The number of likely N-dealkylation sites (N-methyl/N-ethyl adjacent to an activating group) is 1. The Bertz CT molecular complexity index is 1120. The minimum atomic E-state index is -4.28. The Morgan fingerprint density at radius 2 is 1.04 bits per heavy atom. The largest absolute Gasteiger partial charge is 0.472 e. The van der Waals surface area contributed by atoms with E-state index in [4.69, 9.17) is 18.5 Å². The van der Waals surface area contributed by atoms with Gasteiger partial charge in [-0.3, -0.25) is 13.8 Å². The number of nitrogens with zero attached hydrogens (tertiary/aromatic N) is 1. The van der Waals surface area contributed by atoms with Gasteiger partial charge < -0.3 is 18.9 Å². The second-order valence-corrected chi connectivity index (χ2v) is 17.2. The summed E-state index contributed by atoms with van der Waals surface area (Å²) in [4.78, 5) is 22.8. The predicted molar refractivity (Wildman–Crippen MR) is 238 cm³/mol. The van der Waals surface area contributed by atoms with Crippen molar-refractivity contribution in [3.05, 3.63) is 72.9 Å². The van der Waals surface area contributed by atoms with Gasteiger partial charge in [-0.1, -0.05) is 164 Å². The van der Waals surface area contributed by atoms with E-state index in [-0.39, 0.29) is 25.8 Å². The van der Waals surface area contributed by atoms with Gasteiger partial charge in [0, 0.05) is 13.0 Å². The highest BCUT2D eigenvalue weighted by Crippen LogP contribution is 2.43. The molecule has 0 amide bonds. The summed E-state index contributed by atoms with van der Waals surface area (Å²) in [6.07, 6.45) is 50.8. The van der Waals surface area contributed by atoms with E-state index in [2.05, 4.69) is 86.8 Å². The van der Waals surface area contributed by atoms with Crippen LogP contribution in [-0.2, 0) is 27.9 Å². The maximum atomic E-state index is 12.6. The van der Waals surface area contributed by atoms with E-state index in [0.29, 0.717) is 24.1 Å². The number of carbonyl (C=O) groups is 1. The normalized spacial score (nSPS) is 14.5. The quantitative estimate of drug-likeness (QED) is 0.0217. The molecule has 0 saturated carbocycles. The van der Waals surface area contributed by atoms with E-state index in [0.717, 1.165) is 83.5 Å². The Morgan fingerprint density at radius 1 is 0.571 bits per heavy atom. The summed E-state index contributed by atoms with van der Waals surface area (Å²) < 4.78 is 34.9. The van der Waals surface area contributed by atoms with Crippen molar-refractivity contribution in [2.45, 2.75) is 168 Å². The van der Waals surface area contributed by atoms with E-state index in [1.54, 1.807) is 0 Å². The molecule has 0 radical (unpaired) electrons. The molecule has 0 fully saturated rings. The first kappa shape index (κ1) is 53.9. The number of carbonyl (C=O) groups excluding carboxylic acids is 1. The van der Waals surface area contributed by atoms with Gasteiger partial charge in [0.15, 0.2) is 0 Å². The van der Waals surface area contributed by atoms with Crippen LogP contribution < -0.4 is 0 Å². The number of esters is 1. The van der Waals surface area contributed by atoms with Crippen molar-refractivity contribution in [2.24, 2.45) is 0 Å². The van der Waals surface area contributed by atoms with Crippen LogP contribution in [0.15, 0.2) is 72.9 Å². The first-order valence-electron chi connectivity index (χ1n) is 22.2. The highest BCUT2D eigenvalue weighted by Gasteiger charge is 2.26. The summed E-state index contributed by atoms with van der Waals surface area (Å²) in [6.45, 7) is 5.43. The van der Waals surface area contributed by atoms with E-state index in [1.165, 1.54) is 57.8 Å². The number of phosphoric ester groups is 1. The highest BCUT2D eigenvalue weighted by molar-refractivity contribution is 7.47. The van der Waals surface area contributed by atoms with Crippen LogP contribution in [0.25, 0.3) is 0 Å². The van der Waals surface area contributed by atoms with E-state index >= 15 is 0 Å². The Labute approximate surface area is 344 Å². The summed E-state index contributed by atoms with van der Waals surface area (Å²) in [5, 5.41) is 0. The van der Waals surface area contributed by atoms with Crippen LogP contribution in [0.4, 0.5) is 0 Å². The fraction of sp³-hybridized carbons (Fsp3) is 0.723. The molecule has 0 aromatic carbocycles. The molecule has 0 heterocycles. The second kappa shape index (κ2) is 39.8. The van der Waals surface area contributed by atoms with Crippen molar-refractivity contribution in [2.75, 3.05) is 54.1 Å². The molecule has 324 valence electrons. The molecule has 1 N–H and O–H groups in total. The molecule has 0 aromatic rings. The minimum Gasteiger partial charge on any atom is -0.457 e. The second-order valence-electron chi connectivity index (χ2n) is 15.7. The van der Waals surface area contributed by atoms with Crippen LogP contribution >= 0.6 is 7.82 Å². The van der Waals surface area contributed by atoms with Crippen molar-refractivity contribution < 1.29 is 37.3 Å². The molecular formula is C47H85NO7P+. The molecule has 9 heteroatoms. The lowest BCUT2D eigenvalue weighted by molar-refractivity contribution is -0.870. The summed E-state index contributed by atoms with van der Waals surface area (Å²) in [5.41, 5.74) is 0. The zero-order valence-electron chi connectivity index (χ0n) is 36.6. The maximum Gasteiger partial charge on any atom is 0.472 e. The predicted octanol–water partition coefficient (Wildman–Crippen LogP) is 13.1. The molecule has 0 aliphatic carbocycles. The molecule has 0 rings (SSSR count). The number of ether oxygens (including phenoxy) is 2. The Morgan fingerprint density at radius 3 is 1.55 bits per heavy atom. The number of hydrogen-bond donors (Lipinski definition) is 1. The van der Waals surface area contributed by atoms with Gasteiger partial charge in [-0.2, -0.15) is 0 Å². The van der Waals surface area contributed by atoms with E-state index in [9.17, 15) is 14.3 Å². The van der Waals surface area contributed by atoms with Crippen molar-refractivity contribution in [3.8, 4) is 0 Å². The van der Waals surface area contributed by atoms with Gasteiger partial charge in [0.2, 0.25) is 0 Å². The maximum absolute atomic E-state index is 12.6. The van der Waals surface area contributed by atoms with Crippen LogP contribution in [0.1, 0.15) is 162 Å². The van der Waals surface area contributed by atoms with E-state index < -0.39 is 13.9 Å². The molecule has 0 aliphatic heterocycles. The fourth-order valence-electron chi connectivity index (χ4n) is 5.61. The topological polar surface area (TPSA) is 91.3 Å². The summed E-state index contributed by atoms with van der Waals surface area (Å²) >= 11 is 0. The zero-order valence-corrected chi connectivity index (χ0v) is 37.5. The van der Waals surface area contributed by atoms with Crippen LogP contribution in [0, 0.1) is 0 Å². The van der Waals surface area contributed by atoms with Crippen molar-refractivity contribution in [1.82, 2.24) is 0 Å². The highest BCUT2D eigenvalue weighted by atomic mass is 31.2. The number of quaternary nitrogens is 1. The SMILES string of the molecule is CC/C=C\C/C=C\C/C=C\C/C=C\C/C=C\C/C=C\CCCCCCCOCC(COP(=O)(O)OCC[N+](C)(C)C)OC(=O)CCCCCCCCCCCC. The molecule has 2 unspecified atom stereocenters. The average molecular weight is 807 g/mol. The van der Waals surface area contributed by atoms with Gasteiger partial charge in [-0.05, 0) is 64.2 Å². The number of allylic oxidation sites excluding steroid dienone is 12. The van der Waals surface area contributed by atoms with Gasteiger partial charge in [0.25, 0.3) is 0 Å². The number of phosphoric acid groups is 1. The van der Waals surface area contributed by atoms with E-state index in [1.807, 2.05) is 21.1 Å². The number of hydrogen-bond acceptors (Lipinski definition) is 6. The Hall–Kier alpha value is -2.06. The van der Waals surface area contributed by atoms with Crippen molar-refractivity contribution in [1.29, 1.82) is 0 Å². The van der Waals surface area contributed by atoms with Gasteiger partial charge >= 0.3 is 13.8 Å². The third kappa shape index (κ3) is 43.1.